The van der Waals surface area contributed by atoms with Crippen molar-refractivity contribution in [2.45, 2.75) is 6.92 Å². The van der Waals surface area contributed by atoms with Crippen LogP contribution in [0.2, 0.25) is 0 Å². The molecule has 0 bridgehead atoms. The number of aromatic nitrogens is 2. The van der Waals surface area contributed by atoms with Crippen molar-refractivity contribution >= 4 is 17.5 Å². The van der Waals surface area contributed by atoms with Crippen molar-refractivity contribution in [3.05, 3.63) is 41.6 Å². The minimum absolute atomic E-state index is 0.172. The molecular formula is C15H16F2N4O. The van der Waals surface area contributed by atoms with Crippen LogP contribution in [0, 0.1) is 18.6 Å². The summed E-state index contributed by atoms with van der Waals surface area (Å²) in [7, 11) is 0. The molecule has 1 aromatic carbocycles. The minimum atomic E-state index is -0.682. The van der Waals surface area contributed by atoms with Gasteiger partial charge in [0.25, 0.3) is 0 Å². The number of hydrogen-bond donors (Lipinski definition) is 1. The molecule has 22 heavy (non-hydrogen) atoms. The molecule has 0 radical (unpaired) electrons. The molecule has 5 nitrogen and oxygen atoms in total. The van der Waals surface area contributed by atoms with E-state index in [0.717, 1.165) is 24.6 Å². The second-order valence-electron chi connectivity index (χ2n) is 5.01. The average Bonchev–Trinajstić information content (AvgIpc) is 2.51. The van der Waals surface area contributed by atoms with E-state index in [2.05, 4.69) is 20.2 Å². The fourth-order valence-electron chi connectivity index (χ4n) is 2.29. The number of aryl methyl sites for hydroxylation is 1. The maximum Gasteiger partial charge on any atom is 0.229 e. The highest BCUT2D eigenvalue weighted by atomic mass is 19.1. The number of hydrogen-bond acceptors (Lipinski definition) is 5. The van der Waals surface area contributed by atoms with E-state index in [1.165, 1.54) is 18.2 Å². The molecule has 1 saturated heterocycles. The zero-order valence-electron chi connectivity index (χ0n) is 12.1. The lowest BCUT2D eigenvalue weighted by molar-refractivity contribution is 0.122. The largest absolute Gasteiger partial charge is 0.378 e. The zero-order valence-corrected chi connectivity index (χ0v) is 12.1. The first-order valence-electron chi connectivity index (χ1n) is 7.03. The van der Waals surface area contributed by atoms with E-state index >= 15 is 0 Å². The Balaban J connectivity index is 1.89. The summed E-state index contributed by atoms with van der Waals surface area (Å²) in [6.45, 7) is 4.53. The molecule has 1 aliphatic rings. The van der Waals surface area contributed by atoms with E-state index in [0.29, 0.717) is 13.2 Å². The fourth-order valence-corrected chi connectivity index (χ4v) is 2.29. The van der Waals surface area contributed by atoms with E-state index in [1.807, 2.05) is 13.0 Å². The monoisotopic (exact) mass is 306 g/mol. The lowest BCUT2D eigenvalue weighted by Gasteiger charge is -2.28. The normalized spacial score (nSPS) is 15.0. The molecule has 1 aliphatic heterocycles. The molecule has 1 N–H and O–H groups in total. The Hall–Kier alpha value is -2.28. The minimum Gasteiger partial charge on any atom is -0.378 e. The standard InChI is InChI=1S/C15H16F2N4O/c1-10-9-13(21-5-7-22-8-6-21)19-15(18-10)20-14-11(16)3-2-4-12(14)17/h2-4,9H,5-8H2,1H3,(H,18,19,20). The lowest BCUT2D eigenvalue weighted by Crippen LogP contribution is -2.36. The van der Waals surface area contributed by atoms with Crippen molar-refractivity contribution < 1.29 is 13.5 Å². The van der Waals surface area contributed by atoms with Crippen LogP contribution in [0.1, 0.15) is 5.69 Å². The second kappa shape index (κ2) is 6.23. The maximum absolute atomic E-state index is 13.7. The van der Waals surface area contributed by atoms with Crippen molar-refractivity contribution in [2.75, 3.05) is 36.5 Å². The highest BCUT2D eigenvalue weighted by molar-refractivity contribution is 5.57. The first-order chi connectivity index (χ1) is 10.6. The van der Waals surface area contributed by atoms with Crippen LogP contribution in [0.5, 0.6) is 0 Å². The lowest BCUT2D eigenvalue weighted by atomic mass is 10.3. The fraction of sp³-hybridized carbons (Fsp3) is 0.333. The summed E-state index contributed by atoms with van der Waals surface area (Å²) in [4.78, 5) is 10.6. The van der Waals surface area contributed by atoms with Crippen molar-refractivity contribution in [1.29, 1.82) is 0 Å². The first-order valence-corrected chi connectivity index (χ1v) is 7.03. The highest BCUT2D eigenvalue weighted by Gasteiger charge is 2.15. The number of nitrogens with zero attached hydrogens (tertiary/aromatic N) is 3. The average molecular weight is 306 g/mol. The molecule has 116 valence electrons. The van der Waals surface area contributed by atoms with E-state index in [4.69, 9.17) is 4.74 Å². The molecule has 0 spiro atoms. The summed E-state index contributed by atoms with van der Waals surface area (Å²) < 4.78 is 32.7. The van der Waals surface area contributed by atoms with Gasteiger partial charge in [-0.15, -0.1) is 0 Å². The Kier molecular flexibility index (Phi) is 4.15. The van der Waals surface area contributed by atoms with E-state index < -0.39 is 11.6 Å². The highest BCUT2D eigenvalue weighted by Crippen LogP contribution is 2.23. The molecule has 0 atom stereocenters. The number of ether oxygens (including phenoxy) is 1. The number of para-hydroxylation sites is 1. The van der Waals surface area contributed by atoms with Gasteiger partial charge < -0.3 is 15.0 Å². The van der Waals surface area contributed by atoms with Crippen molar-refractivity contribution in [3.8, 4) is 0 Å². The second-order valence-corrected chi connectivity index (χ2v) is 5.01. The van der Waals surface area contributed by atoms with Crippen LogP contribution in [0.4, 0.5) is 26.2 Å². The van der Waals surface area contributed by atoms with E-state index in [1.54, 1.807) is 0 Å². The SMILES string of the molecule is Cc1cc(N2CCOCC2)nc(Nc2c(F)cccc2F)n1. The van der Waals surface area contributed by atoms with Crippen LogP contribution in [0.25, 0.3) is 0 Å². The third-order valence-electron chi connectivity index (χ3n) is 3.38. The number of halogens is 2. The van der Waals surface area contributed by atoms with Gasteiger partial charge in [0.05, 0.1) is 13.2 Å². The van der Waals surface area contributed by atoms with Crippen molar-refractivity contribution in [2.24, 2.45) is 0 Å². The molecule has 1 fully saturated rings. The third-order valence-corrected chi connectivity index (χ3v) is 3.38. The Labute approximate surface area is 127 Å². The topological polar surface area (TPSA) is 50.3 Å². The summed E-state index contributed by atoms with van der Waals surface area (Å²) in [5.74, 6) is -0.475. The summed E-state index contributed by atoms with van der Waals surface area (Å²) in [5.41, 5.74) is 0.469. The van der Waals surface area contributed by atoms with Crippen LogP contribution in [0.3, 0.4) is 0 Å². The van der Waals surface area contributed by atoms with Gasteiger partial charge in [-0.25, -0.2) is 13.8 Å². The van der Waals surface area contributed by atoms with E-state index in [-0.39, 0.29) is 11.6 Å². The number of rotatable bonds is 3. The predicted octanol–water partition coefficient (Wildman–Crippen LogP) is 2.64. The van der Waals surface area contributed by atoms with Gasteiger partial charge in [-0.3, -0.25) is 0 Å². The smallest absolute Gasteiger partial charge is 0.229 e. The van der Waals surface area contributed by atoms with Gasteiger partial charge in [-0.1, -0.05) is 6.07 Å². The van der Waals surface area contributed by atoms with Crippen LogP contribution in [0.15, 0.2) is 24.3 Å². The molecular weight excluding hydrogens is 290 g/mol. The van der Waals surface area contributed by atoms with Gasteiger partial charge in [0.1, 0.15) is 23.1 Å². The van der Waals surface area contributed by atoms with Gasteiger partial charge in [-0.2, -0.15) is 4.98 Å². The van der Waals surface area contributed by atoms with Crippen LogP contribution in [-0.4, -0.2) is 36.3 Å². The Bertz CT molecular complexity index is 654. The van der Waals surface area contributed by atoms with Crippen molar-refractivity contribution in [3.63, 3.8) is 0 Å². The van der Waals surface area contributed by atoms with Crippen LogP contribution >= 0.6 is 0 Å². The molecule has 0 saturated carbocycles. The molecule has 3 rings (SSSR count). The molecule has 7 heteroatoms. The summed E-state index contributed by atoms with van der Waals surface area (Å²) in [5, 5.41) is 2.63. The summed E-state index contributed by atoms with van der Waals surface area (Å²) >= 11 is 0. The number of anilines is 3. The Morgan fingerprint density at radius 2 is 1.82 bits per heavy atom. The van der Waals surface area contributed by atoms with Crippen molar-refractivity contribution in [1.82, 2.24) is 9.97 Å². The third kappa shape index (κ3) is 3.14. The molecule has 0 amide bonds. The van der Waals surface area contributed by atoms with Crippen LogP contribution < -0.4 is 10.2 Å². The zero-order chi connectivity index (χ0) is 15.5. The quantitative estimate of drug-likeness (QED) is 0.945. The predicted molar refractivity (Wildman–Crippen MR) is 79.4 cm³/mol. The Morgan fingerprint density at radius 3 is 2.50 bits per heavy atom. The van der Waals surface area contributed by atoms with Crippen LogP contribution in [-0.2, 0) is 4.74 Å². The molecule has 0 unspecified atom stereocenters. The Morgan fingerprint density at radius 1 is 1.14 bits per heavy atom. The summed E-state index contributed by atoms with van der Waals surface area (Å²) in [6, 6.07) is 5.52. The number of benzene rings is 1. The van der Waals surface area contributed by atoms with Gasteiger partial charge in [0.15, 0.2) is 0 Å². The maximum atomic E-state index is 13.7. The molecule has 2 aromatic rings. The van der Waals surface area contributed by atoms with E-state index in [9.17, 15) is 8.78 Å². The first kappa shape index (κ1) is 14.6. The number of nitrogens with one attached hydrogen (secondary N) is 1. The molecule has 2 heterocycles. The van der Waals surface area contributed by atoms with Gasteiger partial charge in [-0.05, 0) is 19.1 Å². The summed E-state index contributed by atoms with van der Waals surface area (Å²) in [6.07, 6.45) is 0. The molecule has 1 aromatic heterocycles. The number of morpholine rings is 1. The molecule has 0 aliphatic carbocycles. The van der Waals surface area contributed by atoms with Gasteiger partial charge >= 0.3 is 0 Å². The van der Waals surface area contributed by atoms with Gasteiger partial charge in [0, 0.05) is 24.8 Å². The van der Waals surface area contributed by atoms with Gasteiger partial charge in [0.2, 0.25) is 5.95 Å².